The second kappa shape index (κ2) is 3.49. The van der Waals surface area contributed by atoms with E-state index in [0.717, 1.165) is 5.56 Å². The van der Waals surface area contributed by atoms with Crippen molar-refractivity contribution in [2.24, 2.45) is 0 Å². The molecule has 0 unspecified atom stereocenters. The molecular weight excluding hydrogens is 215 g/mol. The van der Waals surface area contributed by atoms with Gasteiger partial charge in [-0.1, -0.05) is 30.3 Å². The van der Waals surface area contributed by atoms with Gasteiger partial charge in [0.05, 0.1) is 0 Å². The molecule has 15 heavy (non-hydrogen) atoms. The van der Waals surface area contributed by atoms with Crippen LogP contribution in [0.25, 0.3) is 5.76 Å². The highest BCUT2D eigenvalue weighted by Crippen LogP contribution is 2.71. The van der Waals surface area contributed by atoms with Crippen molar-refractivity contribution in [1.29, 1.82) is 0 Å². The lowest BCUT2D eigenvalue weighted by molar-refractivity contribution is 0.227. The van der Waals surface area contributed by atoms with E-state index in [9.17, 15) is 0 Å². The van der Waals surface area contributed by atoms with Crippen molar-refractivity contribution < 1.29 is 18.1 Å². The zero-order chi connectivity index (χ0) is 10.1. The molecule has 0 amide bonds. The Kier molecular flexibility index (Phi) is 2.13. The molecule has 78 valence electrons. The minimum Gasteiger partial charge on any atom is -0.258 e. The molecule has 0 radical (unpaired) electrons. The predicted octanol–water partition coefficient (Wildman–Crippen LogP) is 2.76. The standard InChI is InChI=1S/C10H10O4P/c1-2-4-9(5-3-1)10-8-13-15(14-10)11-6-7-12-15/h1-5,8H,6-7H2/q+1. The Morgan fingerprint density at radius 2 is 1.73 bits per heavy atom. The van der Waals surface area contributed by atoms with Crippen LogP contribution >= 0.6 is 8.17 Å². The van der Waals surface area contributed by atoms with E-state index in [1.165, 1.54) is 0 Å². The van der Waals surface area contributed by atoms with E-state index in [4.69, 9.17) is 18.1 Å². The molecule has 2 heterocycles. The monoisotopic (exact) mass is 225 g/mol. The van der Waals surface area contributed by atoms with Gasteiger partial charge in [0.15, 0.2) is 6.26 Å². The van der Waals surface area contributed by atoms with Crippen molar-refractivity contribution in [1.82, 2.24) is 0 Å². The predicted molar refractivity (Wildman–Crippen MR) is 55.4 cm³/mol. The molecule has 1 fully saturated rings. The summed E-state index contributed by atoms with van der Waals surface area (Å²) in [6.07, 6.45) is 1.56. The first kappa shape index (κ1) is 9.16. The van der Waals surface area contributed by atoms with Crippen LogP contribution in [0.15, 0.2) is 36.6 Å². The Bertz CT molecular complexity index is 384. The van der Waals surface area contributed by atoms with Gasteiger partial charge in [0.25, 0.3) is 0 Å². The fourth-order valence-electron chi connectivity index (χ4n) is 1.45. The fourth-order valence-corrected chi connectivity index (χ4v) is 3.00. The van der Waals surface area contributed by atoms with E-state index in [0.29, 0.717) is 19.0 Å². The lowest BCUT2D eigenvalue weighted by atomic mass is 10.2. The minimum atomic E-state index is -2.51. The summed E-state index contributed by atoms with van der Waals surface area (Å²) in [4.78, 5) is 0. The maximum absolute atomic E-state index is 5.60. The van der Waals surface area contributed by atoms with Crippen molar-refractivity contribution in [3.63, 3.8) is 0 Å². The molecule has 0 saturated carbocycles. The van der Waals surface area contributed by atoms with Crippen LogP contribution < -0.4 is 0 Å². The van der Waals surface area contributed by atoms with E-state index < -0.39 is 8.17 Å². The van der Waals surface area contributed by atoms with Crippen molar-refractivity contribution in [2.45, 2.75) is 0 Å². The number of rotatable bonds is 1. The van der Waals surface area contributed by atoms with Gasteiger partial charge in [0, 0.05) is 5.56 Å². The van der Waals surface area contributed by atoms with Crippen LogP contribution in [0.1, 0.15) is 5.56 Å². The molecular formula is C10H10O4P+. The molecule has 0 N–H and O–H groups in total. The van der Waals surface area contributed by atoms with E-state index in [1.807, 2.05) is 30.3 Å². The number of benzene rings is 1. The van der Waals surface area contributed by atoms with Crippen LogP contribution in [0.3, 0.4) is 0 Å². The third-order valence-corrected chi connectivity index (χ3v) is 3.92. The molecule has 1 aromatic carbocycles. The minimum absolute atomic E-state index is 0.531. The van der Waals surface area contributed by atoms with Crippen LogP contribution in [0, 0.1) is 0 Å². The highest BCUT2D eigenvalue weighted by atomic mass is 31.2. The summed E-state index contributed by atoms with van der Waals surface area (Å²) in [5, 5.41) is 0. The lowest BCUT2D eigenvalue weighted by Crippen LogP contribution is -1.92. The van der Waals surface area contributed by atoms with E-state index >= 15 is 0 Å². The summed E-state index contributed by atoms with van der Waals surface area (Å²) in [6, 6.07) is 9.74. The molecule has 0 bridgehead atoms. The number of hydrogen-bond donors (Lipinski definition) is 0. The SMILES string of the molecule is C1=C(c2ccccc2)O[P+]2(O1)OCCO2. The average Bonchev–Trinajstić information content (AvgIpc) is 2.91. The molecule has 0 atom stereocenters. The Hall–Kier alpha value is -1.09. The second-order valence-corrected chi connectivity index (χ2v) is 4.96. The van der Waals surface area contributed by atoms with Crippen LogP contribution in [0.4, 0.5) is 0 Å². The molecule has 5 heteroatoms. The van der Waals surface area contributed by atoms with Gasteiger partial charge in [0.1, 0.15) is 13.2 Å². The average molecular weight is 225 g/mol. The van der Waals surface area contributed by atoms with Gasteiger partial charge < -0.3 is 0 Å². The van der Waals surface area contributed by atoms with Gasteiger partial charge in [-0.25, -0.2) is 4.52 Å². The van der Waals surface area contributed by atoms with E-state index in [1.54, 1.807) is 6.26 Å². The zero-order valence-corrected chi connectivity index (χ0v) is 8.85. The Balaban J connectivity index is 1.81. The molecule has 2 aliphatic rings. The fraction of sp³-hybridized carbons (Fsp3) is 0.200. The summed E-state index contributed by atoms with van der Waals surface area (Å²) >= 11 is 0. The second-order valence-electron chi connectivity index (χ2n) is 3.16. The van der Waals surface area contributed by atoms with E-state index in [-0.39, 0.29) is 0 Å². The van der Waals surface area contributed by atoms with Gasteiger partial charge in [0.2, 0.25) is 5.76 Å². The quantitative estimate of drug-likeness (QED) is 0.688. The van der Waals surface area contributed by atoms with Crippen LogP contribution in [-0.4, -0.2) is 13.2 Å². The summed E-state index contributed by atoms with van der Waals surface area (Å²) in [7, 11) is -2.51. The first-order chi connectivity index (χ1) is 7.38. The number of hydrogen-bond acceptors (Lipinski definition) is 4. The molecule has 4 nitrogen and oxygen atoms in total. The van der Waals surface area contributed by atoms with Crippen LogP contribution in [0.5, 0.6) is 0 Å². The lowest BCUT2D eigenvalue weighted by Gasteiger charge is -2.05. The van der Waals surface area contributed by atoms with Gasteiger partial charge in [-0.05, 0) is 0 Å². The molecule has 3 rings (SSSR count). The highest BCUT2D eigenvalue weighted by Gasteiger charge is 2.60. The van der Waals surface area contributed by atoms with E-state index in [2.05, 4.69) is 0 Å². The summed E-state index contributed by atoms with van der Waals surface area (Å²) in [5.74, 6) is 0.672. The molecule has 2 aliphatic heterocycles. The first-order valence-electron chi connectivity index (χ1n) is 4.70. The van der Waals surface area contributed by atoms with Crippen LogP contribution in [0.2, 0.25) is 0 Å². The van der Waals surface area contributed by atoms with Gasteiger partial charge in [-0.3, -0.25) is 4.52 Å². The van der Waals surface area contributed by atoms with Gasteiger partial charge in [-0.15, -0.1) is 9.05 Å². The topological polar surface area (TPSA) is 36.9 Å². The third-order valence-electron chi connectivity index (χ3n) is 2.14. The van der Waals surface area contributed by atoms with Crippen LogP contribution in [-0.2, 0) is 18.1 Å². The van der Waals surface area contributed by atoms with Crippen molar-refractivity contribution >= 4 is 13.9 Å². The largest absolute Gasteiger partial charge is 0.669 e. The smallest absolute Gasteiger partial charge is 0.258 e. The van der Waals surface area contributed by atoms with Gasteiger partial charge in [-0.2, -0.15) is 0 Å². The molecule has 0 aromatic heterocycles. The summed E-state index contributed by atoms with van der Waals surface area (Å²) < 4.78 is 21.6. The van der Waals surface area contributed by atoms with Crippen molar-refractivity contribution in [3.8, 4) is 0 Å². The highest BCUT2D eigenvalue weighted by molar-refractivity contribution is 7.57. The molecule has 1 saturated heterocycles. The molecule has 1 aromatic rings. The maximum Gasteiger partial charge on any atom is 0.669 e. The van der Waals surface area contributed by atoms with Gasteiger partial charge >= 0.3 is 8.17 Å². The zero-order valence-electron chi connectivity index (χ0n) is 7.96. The third kappa shape index (κ3) is 1.61. The van der Waals surface area contributed by atoms with Crippen molar-refractivity contribution in [3.05, 3.63) is 42.2 Å². The summed E-state index contributed by atoms with van der Waals surface area (Å²) in [5.41, 5.74) is 0.966. The maximum atomic E-state index is 5.60. The molecule has 0 aliphatic carbocycles. The Morgan fingerprint density at radius 3 is 2.47 bits per heavy atom. The van der Waals surface area contributed by atoms with Crippen molar-refractivity contribution in [2.75, 3.05) is 13.2 Å². The Labute approximate surface area is 88.1 Å². The summed E-state index contributed by atoms with van der Waals surface area (Å²) in [6.45, 7) is 1.06. The molecule has 1 spiro atoms. The Morgan fingerprint density at radius 1 is 1.00 bits per heavy atom. The first-order valence-corrected chi connectivity index (χ1v) is 6.16. The normalized spacial score (nSPS) is 22.3.